The highest BCUT2D eigenvalue weighted by atomic mass is 16.2. The van der Waals surface area contributed by atoms with Crippen molar-refractivity contribution in [3.8, 4) is 0 Å². The first-order valence-electron chi connectivity index (χ1n) is 8.45. The molecule has 1 N–H and O–H groups in total. The third-order valence-corrected chi connectivity index (χ3v) is 4.92. The molecule has 20 heavy (non-hydrogen) atoms. The second-order valence-electron chi connectivity index (χ2n) is 7.89. The van der Waals surface area contributed by atoms with Gasteiger partial charge in [0.05, 0.1) is 0 Å². The number of nitrogens with zero attached hydrogens (tertiary/aromatic N) is 1. The molecule has 0 aromatic heterocycles. The van der Waals surface area contributed by atoms with Crippen LogP contribution < -0.4 is 5.32 Å². The van der Waals surface area contributed by atoms with Gasteiger partial charge < -0.3 is 10.2 Å². The third kappa shape index (κ3) is 4.76. The van der Waals surface area contributed by atoms with Crippen LogP contribution in [0.2, 0.25) is 0 Å². The van der Waals surface area contributed by atoms with Crippen LogP contribution in [-0.4, -0.2) is 37.0 Å². The average Bonchev–Trinajstić information content (AvgIpc) is 2.45. The van der Waals surface area contributed by atoms with Crippen molar-refractivity contribution >= 4 is 5.91 Å². The Balaban J connectivity index is 1.72. The highest BCUT2D eigenvalue weighted by Gasteiger charge is 2.29. The average molecular weight is 280 g/mol. The number of nitrogens with one attached hydrogen (secondary N) is 1. The van der Waals surface area contributed by atoms with Gasteiger partial charge in [0.1, 0.15) is 0 Å². The topological polar surface area (TPSA) is 32.3 Å². The van der Waals surface area contributed by atoms with Gasteiger partial charge in [0.15, 0.2) is 0 Å². The van der Waals surface area contributed by atoms with Crippen LogP contribution in [0.15, 0.2) is 0 Å². The lowest BCUT2D eigenvalue weighted by molar-refractivity contribution is -0.137. The Bertz CT molecular complexity index is 307. The van der Waals surface area contributed by atoms with E-state index in [1.165, 1.54) is 25.7 Å². The maximum atomic E-state index is 12.5. The molecule has 2 fully saturated rings. The first-order valence-corrected chi connectivity index (χ1v) is 8.45. The standard InChI is InChI=1S/C17H32N2O/c1-17(2,3)9-4-14-7-12-19(13-8-14)16(20)15-5-10-18-11-6-15/h14-15,18H,4-13H2,1-3H3. The number of carbonyl (C=O) groups excluding carboxylic acids is 1. The molecule has 0 bridgehead atoms. The summed E-state index contributed by atoms with van der Waals surface area (Å²) in [5.41, 5.74) is 0.446. The van der Waals surface area contributed by atoms with Crippen molar-refractivity contribution < 1.29 is 4.79 Å². The van der Waals surface area contributed by atoms with Crippen LogP contribution in [0.5, 0.6) is 0 Å². The Morgan fingerprint density at radius 1 is 1.10 bits per heavy atom. The normalized spacial score (nSPS) is 23.1. The zero-order valence-corrected chi connectivity index (χ0v) is 13.6. The van der Waals surface area contributed by atoms with Gasteiger partial charge >= 0.3 is 0 Å². The molecule has 0 aliphatic carbocycles. The largest absolute Gasteiger partial charge is 0.342 e. The fourth-order valence-electron chi connectivity index (χ4n) is 3.41. The van der Waals surface area contributed by atoms with E-state index < -0.39 is 0 Å². The zero-order chi connectivity index (χ0) is 14.6. The number of amides is 1. The van der Waals surface area contributed by atoms with E-state index in [0.717, 1.165) is 44.9 Å². The second kappa shape index (κ2) is 6.93. The van der Waals surface area contributed by atoms with Crippen LogP contribution in [-0.2, 0) is 4.79 Å². The lowest BCUT2D eigenvalue weighted by atomic mass is 9.83. The maximum Gasteiger partial charge on any atom is 0.225 e. The molecular weight excluding hydrogens is 248 g/mol. The number of likely N-dealkylation sites (tertiary alicyclic amines) is 1. The van der Waals surface area contributed by atoms with E-state index in [1.807, 2.05) is 0 Å². The van der Waals surface area contributed by atoms with Gasteiger partial charge in [-0.2, -0.15) is 0 Å². The van der Waals surface area contributed by atoms with E-state index in [-0.39, 0.29) is 0 Å². The van der Waals surface area contributed by atoms with E-state index in [1.54, 1.807) is 0 Å². The van der Waals surface area contributed by atoms with Crippen LogP contribution >= 0.6 is 0 Å². The SMILES string of the molecule is CC(C)(C)CCC1CCN(C(=O)C2CCNCC2)CC1. The van der Waals surface area contributed by atoms with E-state index in [2.05, 4.69) is 31.0 Å². The molecule has 2 aliphatic rings. The van der Waals surface area contributed by atoms with Gasteiger partial charge in [-0.25, -0.2) is 0 Å². The van der Waals surface area contributed by atoms with Gasteiger partial charge in [-0.15, -0.1) is 0 Å². The monoisotopic (exact) mass is 280 g/mol. The third-order valence-electron chi connectivity index (χ3n) is 4.92. The van der Waals surface area contributed by atoms with Crippen LogP contribution in [0.3, 0.4) is 0 Å². The quantitative estimate of drug-likeness (QED) is 0.862. The van der Waals surface area contributed by atoms with Gasteiger partial charge in [0.2, 0.25) is 5.91 Å². The predicted octanol–water partition coefficient (Wildman–Crippen LogP) is 3.05. The summed E-state index contributed by atoms with van der Waals surface area (Å²) in [6.45, 7) is 11.0. The summed E-state index contributed by atoms with van der Waals surface area (Å²) in [6.07, 6.45) is 7.13. The van der Waals surface area contributed by atoms with E-state index in [9.17, 15) is 4.79 Å². The van der Waals surface area contributed by atoms with Gasteiger partial charge in [-0.05, 0) is 62.9 Å². The van der Waals surface area contributed by atoms with Crippen molar-refractivity contribution in [2.75, 3.05) is 26.2 Å². The maximum absolute atomic E-state index is 12.5. The molecule has 0 atom stereocenters. The summed E-state index contributed by atoms with van der Waals surface area (Å²) in [5.74, 6) is 1.56. The molecule has 2 aliphatic heterocycles. The first kappa shape index (κ1) is 15.8. The summed E-state index contributed by atoms with van der Waals surface area (Å²) in [6, 6.07) is 0. The molecule has 3 nitrogen and oxygen atoms in total. The lowest BCUT2D eigenvalue weighted by Crippen LogP contribution is -2.44. The molecule has 0 aromatic rings. The number of carbonyl (C=O) groups is 1. The van der Waals surface area contributed by atoms with E-state index in [0.29, 0.717) is 17.2 Å². The van der Waals surface area contributed by atoms with Crippen LogP contribution in [0.25, 0.3) is 0 Å². The molecule has 0 saturated carbocycles. The Hall–Kier alpha value is -0.570. The van der Waals surface area contributed by atoms with Gasteiger partial charge in [-0.3, -0.25) is 4.79 Å². The van der Waals surface area contributed by atoms with E-state index >= 15 is 0 Å². The Morgan fingerprint density at radius 3 is 2.25 bits per heavy atom. The number of rotatable bonds is 3. The van der Waals surface area contributed by atoms with Gasteiger partial charge in [0.25, 0.3) is 0 Å². The molecule has 3 heteroatoms. The summed E-state index contributed by atoms with van der Waals surface area (Å²) in [4.78, 5) is 14.6. The van der Waals surface area contributed by atoms with Crippen molar-refractivity contribution in [1.82, 2.24) is 10.2 Å². The molecule has 2 rings (SSSR count). The molecule has 2 heterocycles. The van der Waals surface area contributed by atoms with Crippen molar-refractivity contribution in [2.24, 2.45) is 17.3 Å². The number of hydrogen-bond acceptors (Lipinski definition) is 2. The van der Waals surface area contributed by atoms with Gasteiger partial charge in [0, 0.05) is 19.0 Å². The molecule has 2 saturated heterocycles. The molecule has 116 valence electrons. The molecule has 0 radical (unpaired) electrons. The van der Waals surface area contributed by atoms with Crippen LogP contribution in [0, 0.1) is 17.3 Å². The minimum Gasteiger partial charge on any atom is -0.342 e. The molecule has 0 spiro atoms. The van der Waals surface area contributed by atoms with Crippen LogP contribution in [0.1, 0.15) is 59.3 Å². The van der Waals surface area contributed by atoms with Crippen molar-refractivity contribution in [3.63, 3.8) is 0 Å². The first-order chi connectivity index (χ1) is 9.46. The molecule has 0 aromatic carbocycles. The van der Waals surface area contributed by atoms with E-state index in [4.69, 9.17) is 0 Å². The molecular formula is C17H32N2O. The minimum atomic E-state index is 0.294. The smallest absolute Gasteiger partial charge is 0.225 e. The highest BCUT2D eigenvalue weighted by molar-refractivity contribution is 5.79. The summed E-state index contributed by atoms with van der Waals surface area (Å²) in [5, 5.41) is 3.34. The van der Waals surface area contributed by atoms with Crippen LogP contribution in [0.4, 0.5) is 0 Å². The zero-order valence-electron chi connectivity index (χ0n) is 13.6. The predicted molar refractivity (Wildman–Crippen MR) is 83.6 cm³/mol. The van der Waals surface area contributed by atoms with Crippen molar-refractivity contribution in [3.05, 3.63) is 0 Å². The Labute approximate surface area is 124 Å². The van der Waals surface area contributed by atoms with Crippen molar-refractivity contribution in [1.29, 1.82) is 0 Å². The highest BCUT2D eigenvalue weighted by Crippen LogP contribution is 2.29. The summed E-state index contributed by atoms with van der Waals surface area (Å²) in [7, 11) is 0. The van der Waals surface area contributed by atoms with Gasteiger partial charge in [-0.1, -0.05) is 20.8 Å². The molecule has 0 unspecified atom stereocenters. The Kier molecular flexibility index (Phi) is 5.48. The summed E-state index contributed by atoms with van der Waals surface area (Å²) < 4.78 is 0. The lowest BCUT2D eigenvalue weighted by Gasteiger charge is -2.36. The summed E-state index contributed by atoms with van der Waals surface area (Å²) >= 11 is 0. The fourth-order valence-corrected chi connectivity index (χ4v) is 3.41. The number of piperidine rings is 2. The minimum absolute atomic E-state index is 0.294. The fraction of sp³-hybridized carbons (Fsp3) is 0.941. The second-order valence-corrected chi connectivity index (χ2v) is 7.89. The Morgan fingerprint density at radius 2 is 1.70 bits per heavy atom. The number of hydrogen-bond donors (Lipinski definition) is 1. The molecule has 1 amide bonds. The van der Waals surface area contributed by atoms with Crippen molar-refractivity contribution in [2.45, 2.75) is 59.3 Å².